The lowest BCUT2D eigenvalue weighted by Gasteiger charge is -2.16. The minimum Gasteiger partial charge on any atom is -0.480 e. The Labute approximate surface area is 98.2 Å². The van der Waals surface area contributed by atoms with Crippen LogP contribution in [0.2, 0.25) is 0 Å². The summed E-state index contributed by atoms with van der Waals surface area (Å²) >= 11 is 0. The van der Waals surface area contributed by atoms with E-state index in [1.165, 1.54) is 19.6 Å². The molecule has 0 aliphatic rings. The lowest BCUT2D eigenvalue weighted by atomic mass is 10.1. The molecule has 3 N–H and O–H groups in total. The van der Waals surface area contributed by atoms with Crippen molar-refractivity contribution in [1.82, 2.24) is 15.3 Å². The van der Waals surface area contributed by atoms with Crippen molar-refractivity contribution in [3.63, 3.8) is 0 Å². The molecule has 17 heavy (non-hydrogen) atoms. The molecule has 1 heterocycles. The molecule has 94 valence electrons. The largest absolute Gasteiger partial charge is 0.480 e. The Kier molecular flexibility index (Phi) is 4.65. The predicted octanol–water partition coefficient (Wildman–Crippen LogP) is -0.444. The molecule has 0 aliphatic carbocycles. The van der Waals surface area contributed by atoms with Gasteiger partial charge in [0.2, 0.25) is 5.91 Å². The number of aliphatic carboxylic acids is 1. The summed E-state index contributed by atoms with van der Waals surface area (Å²) in [4.78, 5) is 29.0. The van der Waals surface area contributed by atoms with Gasteiger partial charge in [-0.1, -0.05) is 0 Å². The highest BCUT2D eigenvalue weighted by Gasteiger charge is 2.23. The van der Waals surface area contributed by atoms with Crippen molar-refractivity contribution in [2.24, 2.45) is 0 Å². The second kappa shape index (κ2) is 6.00. The van der Waals surface area contributed by atoms with Crippen molar-refractivity contribution in [2.45, 2.75) is 25.5 Å². The van der Waals surface area contributed by atoms with Crippen molar-refractivity contribution >= 4 is 11.9 Å². The third-order valence-electron chi connectivity index (χ3n) is 2.32. The van der Waals surface area contributed by atoms with Crippen LogP contribution in [0, 0.1) is 0 Å². The predicted molar refractivity (Wildman–Crippen MR) is 58.3 cm³/mol. The minimum atomic E-state index is -1.10. The number of nitrogens with one attached hydrogen (secondary N) is 2. The van der Waals surface area contributed by atoms with E-state index in [9.17, 15) is 9.59 Å². The van der Waals surface area contributed by atoms with E-state index in [1.807, 2.05) is 0 Å². The van der Waals surface area contributed by atoms with E-state index in [0.717, 1.165) is 0 Å². The van der Waals surface area contributed by atoms with Crippen molar-refractivity contribution in [2.75, 3.05) is 7.11 Å². The molecule has 0 saturated carbocycles. The molecule has 0 fully saturated rings. The molecule has 0 aliphatic heterocycles. The summed E-state index contributed by atoms with van der Waals surface area (Å²) in [5.74, 6) is -1.56. The molecule has 1 unspecified atom stereocenters. The highest BCUT2D eigenvalue weighted by atomic mass is 16.5. The van der Waals surface area contributed by atoms with Crippen molar-refractivity contribution in [1.29, 1.82) is 0 Å². The zero-order chi connectivity index (χ0) is 12.8. The van der Waals surface area contributed by atoms with Crippen molar-refractivity contribution in [3.8, 4) is 0 Å². The highest BCUT2D eigenvalue weighted by molar-refractivity contribution is 5.86. The number of rotatable bonds is 6. The van der Waals surface area contributed by atoms with Gasteiger partial charge in [0.15, 0.2) is 0 Å². The number of hydrogen-bond donors (Lipinski definition) is 3. The van der Waals surface area contributed by atoms with Crippen LogP contribution in [0.5, 0.6) is 0 Å². The number of aromatic amines is 1. The van der Waals surface area contributed by atoms with E-state index >= 15 is 0 Å². The first-order valence-electron chi connectivity index (χ1n) is 5.07. The molecule has 7 heteroatoms. The van der Waals surface area contributed by atoms with Crippen molar-refractivity contribution in [3.05, 3.63) is 18.2 Å². The molecular formula is C10H15N3O4. The van der Waals surface area contributed by atoms with Gasteiger partial charge >= 0.3 is 5.97 Å². The molecule has 0 bridgehead atoms. The Hall–Kier alpha value is -1.89. The Morgan fingerprint density at radius 2 is 2.35 bits per heavy atom. The molecule has 0 spiro atoms. The highest BCUT2D eigenvalue weighted by Crippen LogP contribution is 2.00. The zero-order valence-electron chi connectivity index (χ0n) is 9.64. The monoisotopic (exact) mass is 241 g/mol. The third-order valence-corrected chi connectivity index (χ3v) is 2.32. The maximum Gasteiger partial charge on any atom is 0.326 e. The van der Waals surface area contributed by atoms with E-state index in [-0.39, 0.29) is 6.42 Å². The number of H-pyrrole nitrogens is 1. The van der Waals surface area contributed by atoms with Crippen LogP contribution >= 0.6 is 0 Å². The summed E-state index contributed by atoms with van der Waals surface area (Å²) in [6.45, 7) is 1.55. The second-order valence-electron chi connectivity index (χ2n) is 3.56. The zero-order valence-corrected chi connectivity index (χ0v) is 9.64. The van der Waals surface area contributed by atoms with Gasteiger partial charge in [-0.05, 0) is 6.92 Å². The molecule has 1 amide bonds. The lowest BCUT2D eigenvalue weighted by Crippen LogP contribution is -2.46. The summed E-state index contributed by atoms with van der Waals surface area (Å²) in [5, 5.41) is 11.4. The van der Waals surface area contributed by atoms with Crippen LogP contribution < -0.4 is 5.32 Å². The van der Waals surface area contributed by atoms with E-state index < -0.39 is 24.0 Å². The number of carboxylic acid groups (broad SMARTS) is 1. The average molecular weight is 241 g/mol. The SMILES string of the molecule is COC(C)C(=O)N[C@@H](Cc1cnc[nH]1)C(=O)O. The van der Waals surface area contributed by atoms with Gasteiger partial charge in [0.05, 0.1) is 6.33 Å². The fraction of sp³-hybridized carbons (Fsp3) is 0.500. The maximum atomic E-state index is 11.5. The number of carbonyl (C=O) groups is 2. The molecule has 1 aromatic heterocycles. The normalized spacial score (nSPS) is 14.0. The summed E-state index contributed by atoms with van der Waals surface area (Å²) in [5.41, 5.74) is 0.641. The number of carbonyl (C=O) groups excluding carboxylic acids is 1. The molecule has 7 nitrogen and oxygen atoms in total. The second-order valence-corrected chi connectivity index (χ2v) is 3.56. The first-order chi connectivity index (χ1) is 8.04. The number of imidazole rings is 1. The molecular weight excluding hydrogens is 226 g/mol. The van der Waals surface area contributed by atoms with E-state index in [4.69, 9.17) is 9.84 Å². The standard InChI is InChI=1S/C10H15N3O4/c1-6(17-2)9(14)13-8(10(15)16)3-7-4-11-5-12-7/h4-6,8H,3H2,1-2H3,(H,11,12)(H,13,14)(H,15,16)/t6?,8-/m0/s1. The smallest absolute Gasteiger partial charge is 0.326 e. The van der Waals surface area contributed by atoms with Crippen LogP contribution in [0.25, 0.3) is 0 Å². The van der Waals surface area contributed by atoms with Crippen molar-refractivity contribution < 1.29 is 19.4 Å². The number of ether oxygens (including phenoxy) is 1. The van der Waals surface area contributed by atoms with E-state index in [2.05, 4.69) is 15.3 Å². The van der Waals surface area contributed by atoms with Crippen LogP contribution in [-0.4, -0.2) is 46.2 Å². The molecule has 1 aromatic rings. The molecule has 2 atom stereocenters. The van der Waals surface area contributed by atoms with Gasteiger partial charge in [-0.25, -0.2) is 9.78 Å². The average Bonchev–Trinajstić information content (AvgIpc) is 2.79. The Morgan fingerprint density at radius 3 is 2.82 bits per heavy atom. The number of methoxy groups -OCH3 is 1. The number of carboxylic acids is 1. The summed E-state index contributed by atoms with van der Waals surface area (Å²) in [6.07, 6.45) is 2.44. The third kappa shape index (κ3) is 3.87. The van der Waals surface area contributed by atoms with Gasteiger partial charge in [-0.15, -0.1) is 0 Å². The van der Waals surface area contributed by atoms with Crippen LogP contribution in [0.3, 0.4) is 0 Å². The van der Waals surface area contributed by atoms with Crippen LogP contribution in [0.1, 0.15) is 12.6 Å². The van der Waals surface area contributed by atoms with Gasteiger partial charge in [-0.2, -0.15) is 0 Å². The van der Waals surface area contributed by atoms with Gasteiger partial charge in [0.1, 0.15) is 12.1 Å². The molecule has 1 rings (SSSR count). The van der Waals surface area contributed by atoms with Gasteiger partial charge in [0, 0.05) is 25.4 Å². The van der Waals surface area contributed by atoms with Crippen LogP contribution in [-0.2, 0) is 20.7 Å². The van der Waals surface area contributed by atoms with Gasteiger partial charge < -0.3 is 20.1 Å². The van der Waals surface area contributed by atoms with Crippen LogP contribution in [0.15, 0.2) is 12.5 Å². The quantitative estimate of drug-likeness (QED) is 0.626. The van der Waals surface area contributed by atoms with E-state index in [1.54, 1.807) is 6.92 Å². The number of hydrogen-bond acceptors (Lipinski definition) is 4. The summed E-state index contributed by atoms with van der Waals surface area (Å²) in [6, 6.07) is -0.999. The number of nitrogens with zero attached hydrogens (tertiary/aromatic N) is 1. The molecule has 0 saturated heterocycles. The summed E-state index contributed by atoms with van der Waals surface area (Å²) in [7, 11) is 1.38. The molecule has 0 aromatic carbocycles. The molecule has 0 radical (unpaired) electrons. The summed E-state index contributed by atoms with van der Waals surface area (Å²) < 4.78 is 4.80. The lowest BCUT2D eigenvalue weighted by molar-refractivity contribution is -0.143. The first kappa shape index (κ1) is 13.2. The fourth-order valence-corrected chi connectivity index (χ4v) is 1.21. The Morgan fingerprint density at radius 1 is 1.65 bits per heavy atom. The number of amides is 1. The van der Waals surface area contributed by atoms with Crippen LogP contribution in [0.4, 0.5) is 0 Å². The van der Waals surface area contributed by atoms with Gasteiger partial charge in [0.25, 0.3) is 0 Å². The van der Waals surface area contributed by atoms with E-state index in [0.29, 0.717) is 5.69 Å². The Balaban J connectivity index is 2.61. The number of aromatic nitrogens is 2. The fourth-order valence-electron chi connectivity index (χ4n) is 1.21. The Bertz CT molecular complexity index is 377. The van der Waals surface area contributed by atoms with Gasteiger partial charge in [-0.3, -0.25) is 4.79 Å². The maximum absolute atomic E-state index is 11.5. The topological polar surface area (TPSA) is 104 Å². The first-order valence-corrected chi connectivity index (χ1v) is 5.07. The minimum absolute atomic E-state index is 0.150.